The molecule has 25 heteroatoms. The van der Waals surface area contributed by atoms with Gasteiger partial charge in [0.05, 0.1) is 37.3 Å². The van der Waals surface area contributed by atoms with Crippen LogP contribution in [-0.2, 0) is 51.2 Å². The predicted molar refractivity (Wildman–Crippen MR) is 265 cm³/mol. The van der Waals surface area contributed by atoms with Gasteiger partial charge in [0.1, 0.15) is 30.5 Å². The molecule has 2 aromatic carbocycles. The molecule has 0 spiro atoms. The summed E-state index contributed by atoms with van der Waals surface area (Å²) in [7, 11) is 3.18. The third-order valence-corrected chi connectivity index (χ3v) is 13.6. The molecule has 426 valence electrons. The van der Waals surface area contributed by atoms with Crippen LogP contribution in [-0.4, -0.2) is 155 Å². The molecule has 78 heavy (non-hydrogen) atoms. The number of aryl methyl sites for hydroxylation is 2. The maximum Gasteiger partial charge on any atom is 0.490 e. The van der Waals surface area contributed by atoms with E-state index in [-0.39, 0.29) is 62.9 Å². The number of likely N-dealkylation sites (tertiary alicyclic amines) is 2. The zero-order valence-corrected chi connectivity index (χ0v) is 43.2. The molecule has 2 aliphatic heterocycles. The number of hydrogen-bond acceptors (Lipinski definition) is 10. The molecule has 2 aliphatic carbocycles. The average molecular weight is 1110 g/mol. The maximum atomic E-state index is 15.1. The van der Waals surface area contributed by atoms with Crippen molar-refractivity contribution in [3.8, 4) is 23.7 Å². The standard InChI is InChI=1S/C49H61F2N7O6.2C2HF3O2/c1-30(52-3)45(60)55-40(48(63)57-28-35(50)26-42(57)44(59)25-34-19-13-17-32-15-9-11-20-37(32)34)22-7-5-6-8-23-41(56-46(61)31(2)53-4)49(64)58-29-36(51)27-43(58)47(62)54-39-24-14-18-33-16-10-12-21-38(33)39;2*3-2(4,5)1(6)7/h9-12,15-16,20-21,30-31,34-36,39-43,52-53H,13-14,17-19,22-29H2,1-4H3,(H,54,62)(H,55,60)(H,56,61);2*(H,6,7)/t30-,31-,34-,35-,36-,39+,40-,41-,42-,43-;;/m0../s1. The van der Waals surface area contributed by atoms with Gasteiger partial charge in [-0.2, -0.15) is 26.3 Å². The van der Waals surface area contributed by atoms with Crippen LogP contribution >= 0.6 is 0 Å². The van der Waals surface area contributed by atoms with Crippen LogP contribution in [0.15, 0.2) is 48.5 Å². The number of ketones is 1. The number of likely N-dealkylation sites (N-methyl/N-ethyl adjacent to an activating group) is 2. The smallest absolute Gasteiger partial charge is 0.475 e. The number of aliphatic carboxylic acids is 2. The molecule has 2 heterocycles. The van der Waals surface area contributed by atoms with E-state index >= 15 is 8.78 Å². The van der Waals surface area contributed by atoms with Gasteiger partial charge in [0.2, 0.25) is 29.5 Å². The summed E-state index contributed by atoms with van der Waals surface area (Å²) in [4.78, 5) is 102. The van der Waals surface area contributed by atoms with Crippen LogP contribution in [0.25, 0.3) is 0 Å². The molecule has 0 saturated carbocycles. The van der Waals surface area contributed by atoms with E-state index in [9.17, 15) is 55.1 Å². The number of rotatable bonds is 15. The van der Waals surface area contributed by atoms with Crippen LogP contribution < -0.4 is 26.6 Å². The van der Waals surface area contributed by atoms with Crippen molar-refractivity contribution < 1.29 is 83.7 Å². The highest BCUT2D eigenvalue weighted by Gasteiger charge is 2.45. The molecule has 0 unspecified atom stereocenters. The summed E-state index contributed by atoms with van der Waals surface area (Å²) < 4.78 is 93.6. The summed E-state index contributed by atoms with van der Waals surface area (Å²) in [6.45, 7) is 2.61. The van der Waals surface area contributed by atoms with Crippen molar-refractivity contribution in [1.29, 1.82) is 0 Å². The molecule has 2 aromatic rings. The predicted octanol–water partition coefficient (Wildman–Crippen LogP) is 4.38. The van der Waals surface area contributed by atoms with E-state index in [1.165, 1.54) is 15.4 Å². The van der Waals surface area contributed by atoms with Crippen LogP contribution in [0.4, 0.5) is 35.1 Å². The number of fused-ring (bicyclic) bond motifs is 2. The fourth-order valence-electron chi connectivity index (χ4n) is 9.28. The fraction of sp³-hybridized carbons (Fsp3) is 0.547. The van der Waals surface area contributed by atoms with Crippen LogP contribution in [0.5, 0.6) is 0 Å². The third-order valence-electron chi connectivity index (χ3n) is 13.6. The van der Waals surface area contributed by atoms with E-state index in [0.29, 0.717) is 6.42 Å². The highest BCUT2D eigenvalue weighted by molar-refractivity contribution is 5.95. The first-order chi connectivity index (χ1) is 36.7. The van der Waals surface area contributed by atoms with Gasteiger partial charge in [-0.1, -0.05) is 60.4 Å². The number of benzene rings is 2. The topological polar surface area (TPSA) is 244 Å². The van der Waals surface area contributed by atoms with Crippen molar-refractivity contribution >= 4 is 47.3 Å². The van der Waals surface area contributed by atoms with E-state index in [4.69, 9.17) is 19.8 Å². The minimum absolute atomic E-state index is 0.0266. The van der Waals surface area contributed by atoms with Gasteiger partial charge < -0.3 is 46.6 Å². The minimum atomic E-state index is -5.08. The Balaban J connectivity index is 0.000000826. The van der Waals surface area contributed by atoms with Crippen molar-refractivity contribution in [2.24, 2.45) is 0 Å². The largest absolute Gasteiger partial charge is 0.490 e. The molecule has 7 N–H and O–H groups in total. The first-order valence-corrected chi connectivity index (χ1v) is 25.1. The van der Waals surface area contributed by atoms with Crippen molar-refractivity contribution in [3.05, 3.63) is 70.8 Å². The van der Waals surface area contributed by atoms with Crippen molar-refractivity contribution in [3.63, 3.8) is 0 Å². The van der Waals surface area contributed by atoms with Crippen LogP contribution in [0, 0.1) is 23.7 Å². The Morgan fingerprint density at radius 1 is 0.641 bits per heavy atom. The zero-order chi connectivity index (χ0) is 58.1. The molecular formula is C53H63F8N7O10. The van der Waals surface area contributed by atoms with Gasteiger partial charge in [-0.25, -0.2) is 18.4 Å². The monoisotopic (exact) mass is 1110 g/mol. The lowest BCUT2D eigenvalue weighted by Crippen LogP contribution is -2.55. The first-order valence-electron chi connectivity index (χ1n) is 25.1. The molecule has 0 radical (unpaired) electrons. The quantitative estimate of drug-likeness (QED) is 0.0972. The number of amides is 5. The van der Waals surface area contributed by atoms with Crippen LogP contribution in [0.2, 0.25) is 0 Å². The Hall–Kier alpha value is -7.12. The number of carboxylic acid groups (broad SMARTS) is 2. The lowest BCUT2D eigenvalue weighted by Gasteiger charge is -2.31. The summed E-state index contributed by atoms with van der Waals surface area (Å²) in [6, 6.07) is 9.68. The summed E-state index contributed by atoms with van der Waals surface area (Å²) in [5.74, 6) is 2.39. The Morgan fingerprint density at radius 3 is 1.51 bits per heavy atom. The Kier molecular flexibility index (Phi) is 23.6. The van der Waals surface area contributed by atoms with E-state index < -0.39 is 102 Å². The summed E-state index contributed by atoms with van der Waals surface area (Å²) in [6.07, 6.45) is -8.45. The van der Waals surface area contributed by atoms with Gasteiger partial charge in [0, 0.05) is 32.1 Å². The summed E-state index contributed by atoms with van der Waals surface area (Å²) in [5, 5.41) is 28.4. The molecule has 17 nitrogen and oxygen atoms in total. The van der Waals surface area contributed by atoms with Gasteiger partial charge in [0.15, 0.2) is 5.78 Å². The molecule has 2 saturated heterocycles. The number of nitrogens with zero attached hydrogens (tertiary/aromatic N) is 2. The van der Waals surface area contributed by atoms with E-state index in [1.807, 2.05) is 42.5 Å². The number of alkyl halides is 8. The molecule has 0 aromatic heterocycles. The van der Waals surface area contributed by atoms with Gasteiger partial charge in [-0.15, -0.1) is 0 Å². The highest BCUT2D eigenvalue weighted by Crippen LogP contribution is 2.36. The molecule has 6 rings (SSSR count). The average Bonchev–Trinajstić information content (AvgIpc) is 4.05. The van der Waals surface area contributed by atoms with Crippen LogP contribution in [0.3, 0.4) is 0 Å². The van der Waals surface area contributed by atoms with Gasteiger partial charge in [-0.05, 0) is 106 Å². The number of hydrogen-bond donors (Lipinski definition) is 7. The second kappa shape index (κ2) is 29.0. The first kappa shape index (κ1) is 63.4. The SMILES string of the molecule is CN[C@@H](C)C(=O)N[C@@H](CC#CC#CC[C@H](NC(=O)[C@H](C)NC)C(=O)N1C[C@@H](F)C[C@H]1C(=O)N[C@@H]1CCCc2ccccc21)C(=O)N1C[C@@H](F)C[C@H]1C(=O)C[C@@H]1CCCc2ccccc21.O=C(O)C(F)(F)F.O=C(O)C(F)(F)F. The van der Waals surface area contributed by atoms with Gasteiger partial charge in [-0.3, -0.25) is 28.8 Å². The second-order valence-electron chi connectivity index (χ2n) is 19.1. The number of carboxylic acids is 2. The third kappa shape index (κ3) is 18.2. The van der Waals surface area contributed by atoms with E-state index in [0.717, 1.165) is 48.8 Å². The Bertz CT molecular complexity index is 2440. The number of halogens is 8. The highest BCUT2D eigenvalue weighted by atomic mass is 19.4. The summed E-state index contributed by atoms with van der Waals surface area (Å²) >= 11 is 0. The zero-order valence-electron chi connectivity index (χ0n) is 43.2. The molecule has 4 aliphatic rings. The van der Waals surface area contributed by atoms with Crippen molar-refractivity contribution in [2.75, 3.05) is 27.2 Å². The van der Waals surface area contributed by atoms with Gasteiger partial charge >= 0.3 is 24.3 Å². The molecule has 10 atom stereocenters. The number of carbonyl (C=O) groups excluding carboxylic acids is 6. The molecule has 5 amide bonds. The Morgan fingerprint density at radius 2 is 1.05 bits per heavy atom. The Labute approximate surface area is 445 Å². The minimum Gasteiger partial charge on any atom is -0.475 e. The van der Waals surface area contributed by atoms with Crippen LogP contribution in [0.1, 0.15) is 106 Å². The van der Waals surface area contributed by atoms with Crippen molar-refractivity contribution in [2.45, 2.75) is 157 Å². The fourth-order valence-corrected chi connectivity index (χ4v) is 9.28. The maximum absolute atomic E-state index is 15.1. The second-order valence-corrected chi connectivity index (χ2v) is 19.1. The van der Waals surface area contributed by atoms with Gasteiger partial charge in [0.25, 0.3) is 0 Å². The lowest BCUT2D eigenvalue weighted by atomic mass is 9.79. The van der Waals surface area contributed by atoms with E-state index in [2.05, 4.69) is 56.3 Å². The lowest BCUT2D eigenvalue weighted by molar-refractivity contribution is -0.193. The normalized spacial score (nSPS) is 21.9. The summed E-state index contributed by atoms with van der Waals surface area (Å²) in [5.41, 5.74) is 4.45. The number of Topliss-reactive ketones (excluding diaryl/α,β-unsaturated/α-hetero) is 1. The number of carbonyl (C=O) groups is 8. The molecular weight excluding hydrogens is 1050 g/mol. The van der Waals surface area contributed by atoms with E-state index in [1.54, 1.807) is 27.9 Å². The molecule has 0 bridgehead atoms. The molecule has 2 fully saturated rings. The number of nitrogens with one attached hydrogen (secondary N) is 5. The van der Waals surface area contributed by atoms with Crippen molar-refractivity contribution in [1.82, 2.24) is 36.4 Å².